The fourth-order valence-corrected chi connectivity index (χ4v) is 7.58. The molecule has 0 saturated carbocycles. The Bertz CT molecular complexity index is 1900. The Kier molecular flexibility index (Phi) is 9.82. The van der Waals surface area contributed by atoms with Gasteiger partial charge in [-0.3, -0.25) is 19.1 Å². The van der Waals surface area contributed by atoms with Crippen LogP contribution in [0.25, 0.3) is 15.9 Å². The fourth-order valence-electron chi connectivity index (χ4n) is 5.47. The van der Waals surface area contributed by atoms with E-state index >= 15 is 0 Å². The number of thioether (sulfide) groups is 1. The monoisotopic (exact) mass is 654 g/mol. The lowest BCUT2D eigenvalue weighted by Crippen LogP contribution is -2.30. The number of hydrogen-bond acceptors (Lipinski definition) is 9. The van der Waals surface area contributed by atoms with Crippen molar-refractivity contribution < 1.29 is 19.1 Å². The molecule has 5 aromatic rings. The molecule has 0 saturated heterocycles. The van der Waals surface area contributed by atoms with Crippen LogP contribution in [-0.4, -0.2) is 51.8 Å². The number of nitrogens with one attached hydrogen (secondary N) is 1. The number of rotatable bonds is 11. The summed E-state index contributed by atoms with van der Waals surface area (Å²) in [5, 5.41) is 3.96. The minimum absolute atomic E-state index is 0.0323. The zero-order chi connectivity index (χ0) is 32.0. The molecule has 0 fully saturated rings. The molecule has 46 heavy (non-hydrogen) atoms. The molecule has 9 nitrogen and oxygen atoms in total. The van der Waals surface area contributed by atoms with Crippen LogP contribution in [0.3, 0.4) is 0 Å². The van der Waals surface area contributed by atoms with E-state index in [9.17, 15) is 14.4 Å². The lowest BCUT2D eigenvalue weighted by molar-refractivity contribution is -0.113. The maximum absolute atomic E-state index is 14.3. The topological polar surface area (TPSA) is 103 Å². The molecule has 1 aliphatic rings. The number of ether oxygens (including phenoxy) is 2. The zero-order valence-corrected chi connectivity index (χ0v) is 27.3. The van der Waals surface area contributed by atoms with Crippen LogP contribution < -0.4 is 15.6 Å². The summed E-state index contributed by atoms with van der Waals surface area (Å²) in [5.41, 5.74) is 3.81. The third kappa shape index (κ3) is 7.01. The molecule has 0 aliphatic carbocycles. The highest BCUT2D eigenvalue weighted by Crippen LogP contribution is 2.35. The van der Waals surface area contributed by atoms with E-state index in [1.54, 1.807) is 47.1 Å². The molecule has 0 atom stereocenters. The molecule has 3 aromatic carbocycles. The average molecular weight is 655 g/mol. The van der Waals surface area contributed by atoms with Gasteiger partial charge in [0.2, 0.25) is 5.91 Å². The molecule has 0 bridgehead atoms. The van der Waals surface area contributed by atoms with Crippen molar-refractivity contribution in [1.82, 2.24) is 14.5 Å². The van der Waals surface area contributed by atoms with Crippen LogP contribution >= 0.6 is 23.1 Å². The van der Waals surface area contributed by atoms with Crippen LogP contribution in [0.1, 0.15) is 40.2 Å². The number of benzene rings is 3. The Morgan fingerprint density at radius 2 is 1.74 bits per heavy atom. The first-order valence-corrected chi connectivity index (χ1v) is 17.0. The van der Waals surface area contributed by atoms with Gasteiger partial charge in [-0.2, -0.15) is 0 Å². The minimum Gasteiger partial charge on any atom is -0.494 e. The lowest BCUT2D eigenvalue weighted by Gasteiger charge is -2.26. The van der Waals surface area contributed by atoms with Crippen LogP contribution in [0.15, 0.2) is 88.8 Å². The van der Waals surface area contributed by atoms with Crippen molar-refractivity contribution in [1.29, 1.82) is 0 Å². The van der Waals surface area contributed by atoms with Crippen LogP contribution in [0.2, 0.25) is 0 Å². The molecule has 0 radical (unpaired) electrons. The molecule has 6 rings (SSSR count). The number of nitrogens with zero attached hydrogens (tertiary/aromatic N) is 3. The zero-order valence-electron chi connectivity index (χ0n) is 25.7. The number of aromatic nitrogens is 2. The van der Waals surface area contributed by atoms with Gasteiger partial charge in [-0.15, -0.1) is 11.3 Å². The van der Waals surface area contributed by atoms with Gasteiger partial charge in [-0.1, -0.05) is 42.1 Å². The Morgan fingerprint density at radius 1 is 0.978 bits per heavy atom. The summed E-state index contributed by atoms with van der Waals surface area (Å²) < 4.78 is 12.3. The number of anilines is 1. The summed E-state index contributed by atoms with van der Waals surface area (Å²) in [6, 6.07) is 24.3. The van der Waals surface area contributed by atoms with E-state index in [0.29, 0.717) is 44.7 Å². The highest BCUT2D eigenvalue weighted by atomic mass is 32.2. The van der Waals surface area contributed by atoms with Gasteiger partial charge in [0, 0.05) is 30.2 Å². The predicted octanol–water partition coefficient (Wildman–Crippen LogP) is 6.31. The molecule has 3 heterocycles. The summed E-state index contributed by atoms with van der Waals surface area (Å²) in [4.78, 5) is 48.5. The van der Waals surface area contributed by atoms with Gasteiger partial charge in [0.15, 0.2) is 5.16 Å². The summed E-state index contributed by atoms with van der Waals surface area (Å²) in [6.45, 7) is 6.96. The summed E-state index contributed by atoms with van der Waals surface area (Å²) in [6.07, 6.45) is 0.770. The molecule has 0 unspecified atom stereocenters. The highest BCUT2D eigenvalue weighted by Gasteiger charge is 2.26. The maximum atomic E-state index is 14.3. The SMILES string of the molecule is CCOC(=O)c1ccc(NC(=O)CSc2nc3sc4c(c3c(=O)n2-c2ccc(OCC)cc2)CCN(Cc2ccccc2)C4)cc1. The molecule has 11 heteroatoms. The van der Waals surface area contributed by atoms with Gasteiger partial charge in [0.05, 0.1) is 35.6 Å². The second-order valence-electron chi connectivity index (χ2n) is 10.7. The van der Waals surface area contributed by atoms with Crippen molar-refractivity contribution in [2.45, 2.75) is 38.5 Å². The van der Waals surface area contributed by atoms with Crippen molar-refractivity contribution in [2.75, 3.05) is 30.8 Å². The van der Waals surface area contributed by atoms with Crippen LogP contribution in [0, 0.1) is 0 Å². The standard InChI is InChI=1S/C35H34N4O5S2/c1-3-43-27-16-14-26(15-17-27)39-33(41)31-28-18-19-38(20-23-8-6-5-7-9-23)21-29(28)46-32(31)37-35(39)45-22-30(40)36-25-12-10-24(11-13-25)34(42)44-4-2/h5-17H,3-4,18-22H2,1-2H3,(H,36,40). The average Bonchev–Trinajstić information content (AvgIpc) is 3.43. The third-order valence-corrected chi connectivity index (χ3v) is 9.64. The van der Waals surface area contributed by atoms with Crippen molar-refractivity contribution in [3.05, 3.63) is 111 Å². The van der Waals surface area contributed by atoms with E-state index < -0.39 is 5.97 Å². The number of esters is 1. The number of amides is 1. The highest BCUT2D eigenvalue weighted by molar-refractivity contribution is 7.99. The molecule has 1 amide bonds. The number of thiophene rings is 1. The lowest BCUT2D eigenvalue weighted by atomic mass is 10.0. The van der Waals surface area contributed by atoms with Crippen molar-refractivity contribution in [2.24, 2.45) is 0 Å². The van der Waals surface area contributed by atoms with Crippen molar-refractivity contribution >= 4 is 50.9 Å². The Labute approximate surface area is 275 Å². The smallest absolute Gasteiger partial charge is 0.338 e. The normalized spacial score (nSPS) is 12.9. The molecular weight excluding hydrogens is 621 g/mol. The number of hydrogen-bond donors (Lipinski definition) is 1. The third-order valence-electron chi connectivity index (χ3n) is 7.59. The van der Waals surface area contributed by atoms with E-state index in [1.807, 2.05) is 37.3 Å². The first kappa shape index (κ1) is 31.5. The van der Waals surface area contributed by atoms with E-state index in [-0.39, 0.29) is 23.8 Å². The Morgan fingerprint density at radius 3 is 2.46 bits per heavy atom. The molecule has 236 valence electrons. The Balaban J connectivity index is 1.27. The van der Waals surface area contributed by atoms with E-state index in [2.05, 4.69) is 34.5 Å². The van der Waals surface area contributed by atoms with E-state index in [1.165, 1.54) is 17.3 Å². The van der Waals surface area contributed by atoms with Gasteiger partial charge in [0.25, 0.3) is 5.56 Å². The largest absolute Gasteiger partial charge is 0.494 e. The number of fused-ring (bicyclic) bond motifs is 3. The van der Waals surface area contributed by atoms with E-state index in [4.69, 9.17) is 14.5 Å². The second-order valence-corrected chi connectivity index (χ2v) is 12.8. The second kappa shape index (κ2) is 14.3. The van der Waals surface area contributed by atoms with Gasteiger partial charge in [0.1, 0.15) is 10.6 Å². The molecule has 1 N–H and O–H groups in total. The molecule has 0 spiro atoms. The summed E-state index contributed by atoms with van der Waals surface area (Å²) in [7, 11) is 0. The van der Waals surface area contributed by atoms with Crippen LogP contribution in [0.5, 0.6) is 5.75 Å². The predicted molar refractivity (Wildman–Crippen MR) is 182 cm³/mol. The van der Waals surface area contributed by atoms with Crippen molar-refractivity contribution in [3.8, 4) is 11.4 Å². The van der Waals surface area contributed by atoms with Crippen molar-refractivity contribution in [3.63, 3.8) is 0 Å². The fraction of sp³-hybridized carbons (Fsp3) is 0.257. The number of carbonyl (C=O) groups is 2. The van der Waals surface area contributed by atoms with Gasteiger partial charge in [-0.25, -0.2) is 9.78 Å². The minimum atomic E-state index is -0.413. The summed E-state index contributed by atoms with van der Waals surface area (Å²) in [5.74, 6) is 0.0690. The van der Waals surface area contributed by atoms with Gasteiger partial charge >= 0.3 is 5.97 Å². The summed E-state index contributed by atoms with van der Waals surface area (Å²) >= 11 is 2.77. The Hall–Kier alpha value is -4.45. The maximum Gasteiger partial charge on any atom is 0.338 e. The first-order chi connectivity index (χ1) is 22.4. The molecular formula is C35H34N4O5S2. The molecule has 1 aliphatic heterocycles. The van der Waals surface area contributed by atoms with Crippen LogP contribution in [-0.2, 0) is 29.0 Å². The van der Waals surface area contributed by atoms with Gasteiger partial charge < -0.3 is 14.8 Å². The molecule has 2 aromatic heterocycles. The van der Waals surface area contributed by atoms with E-state index in [0.717, 1.165) is 36.5 Å². The number of carbonyl (C=O) groups excluding carboxylic acids is 2. The quantitative estimate of drug-likeness (QED) is 0.100. The van der Waals surface area contributed by atoms with Crippen LogP contribution in [0.4, 0.5) is 5.69 Å². The first-order valence-electron chi connectivity index (χ1n) is 15.2. The van der Waals surface area contributed by atoms with Gasteiger partial charge in [-0.05, 0) is 79.9 Å².